The zero-order valence-electron chi connectivity index (χ0n) is 10.6. The molecule has 2 aromatic rings. The number of aryl methyl sites for hydroxylation is 1. The summed E-state index contributed by atoms with van der Waals surface area (Å²) >= 11 is 0. The molecule has 3 rings (SSSR count). The van der Waals surface area contributed by atoms with Gasteiger partial charge in [0.05, 0.1) is 5.56 Å². The maximum atomic E-state index is 12.8. The summed E-state index contributed by atoms with van der Waals surface area (Å²) in [5.74, 6) is 0. The van der Waals surface area contributed by atoms with Crippen molar-refractivity contribution in [2.75, 3.05) is 0 Å². The van der Waals surface area contributed by atoms with E-state index in [0.717, 1.165) is 35.7 Å². The molecule has 0 fully saturated rings. The molecular weight excluding hydrogens is 253 g/mol. The van der Waals surface area contributed by atoms with Crippen LogP contribution in [-0.4, -0.2) is 10.6 Å². The van der Waals surface area contributed by atoms with Crippen molar-refractivity contribution in [1.29, 1.82) is 0 Å². The van der Waals surface area contributed by atoms with Crippen LogP contribution in [0.4, 0.5) is 13.2 Å². The molecule has 0 radical (unpaired) electrons. The molecule has 1 heterocycles. The molecule has 1 aliphatic carbocycles. The first-order valence-electron chi connectivity index (χ1n) is 6.31. The van der Waals surface area contributed by atoms with Crippen LogP contribution in [0.2, 0.25) is 0 Å². The van der Waals surface area contributed by atoms with Crippen molar-refractivity contribution in [2.45, 2.75) is 31.5 Å². The summed E-state index contributed by atoms with van der Waals surface area (Å²) < 4.78 is 40.4. The van der Waals surface area contributed by atoms with Crippen molar-refractivity contribution in [3.8, 4) is 0 Å². The van der Waals surface area contributed by atoms with Crippen molar-refractivity contribution in [3.63, 3.8) is 0 Å². The Kier molecular flexibility index (Phi) is 2.64. The summed E-state index contributed by atoms with van der Waals surface area (Å²) in [6, 6.07) is 4.01. The zero-order chi connectivity index (χ0) is 13.8. The first-order valence-corrected chi connectivity index (χ1v) is 6.31. The van der Waals surface area contributed by atoms with Crippen LogP contribution in [0.25, 0.3) is 10.9 Å². The molecule has 0 spiro atoms. The van der Waals surface area contributed by atoms with Crippen molar-refractivity contribution in [2.24, 2.45) is 12.8 Å². The maximum Gasteiger partial charge on any atom is 0.416 e. The standard InChI is InChI=1S/C14H15F3N2/c1-19-12-4-2-8(14(15,16)17)6-10(12)11-7-9(18)3-5-13(11)19/h2,4,6,9H,3,5,7,18H2,1H3. The maximum absolute atomic E-state index is 12.8. The van der Waals surface area contributed by atoms with E-state index in [2.05, 4.69) is 0 Å². The van der Waals surface area contributed by atoms with Gasteiger partial charge in [-0.2, -0.15) is 13.2 Å². The number of hydrogen-bond acceptors (Lipinski definition) is 1. The average molecular weight is 268 g/mol. The van der Waals surface area contributed by atoms with E-state index < -0.39 is 11.7 Å². The first-order chi connectivity index (χ1) is 8.88. The van der Waals surface area contributed by atoms with Crippen LogP contribution in [0.5, 0.6) is 0 Å². The number of hydrogen-bond donors (Lipinski definition) is 1. The summed E-state index contributed by atoms with van der Waals surface area (Å²) in [4.78, 5) is 0. The first kappa shape index (κ1) is 12.5. The van der Waals surface area contributed by atoms with E-state index in [4.69, 9.17) is 5.73 Å². The van der Waals surface area contributed by atoms with Crippen LogP contribution in [0.15, 0.2) is 18.2 Å². The Morgan fingerprint density at radius 3 is 2.74 bits per heavy atom. The van der Waals surface area contributed by atoms with Crippen LogP contribution in [-0.2, 0) is 26.1 Å². The van der Waals surface area contributed by atoms with Crippen LogP contribution in [0.3, 0.4) is 0 Å². The van der Waals surface area contributed by atoms with Crippen LogP contribution in [0.1, 0.15) is 23.2 Å². The van der Waals surface area contributed by atoms with Gasteiger partial charge in [-0.05, 0) is 43.0 Å². The van der Waals surface area contributed by atoms with Gasteiger partial charge in [0.15, 0.2) is 0 Å². The van der Waals surface area contributed by atoms with E-state index in [1.807, 2.05) is 11.6 Å². The predicted molar refractivity (Wildman–Crippen MR) is 67.9 cm³/mol. The molecule has 5 heteroatoms. The van der Waals surface area contributed by atoms with Gasteiger partial charge in [-0.15, -0.1) is 0 Å². The lowest BCUT2D eigenvalue weighted by Gasteiger charge is -2.19. The number of aromatic nitrogens is 1. The topological polar surface area (TPSA) is 30.9 Å². The molecule has 2 nitrogen and oxygen atoms in total. The molecule has 0 saturated heterocycles. The lowest BCUT2D eigenvalue weighted by atomic mass is 9.91. The summed E-state index contributed by atoms with van der Waals surface area (Å²) in [5, 5.41) is 0.697. The molecule has 1 aromatic heterocycles. The van der Waals surface area contributed by atoms with Crippen molar-refractivity contribution < 1.29 is 13.2 Å². The minimum Gasteiger partial charge on any atom is -0.347 e. The lowest BCUT2D eigenvalue weighted by Crippen LogP contribution is -2.28. The summed E-state index contributed by atoms with van der Waals surface area (Å²) in [7, 11) is 1.91. The largest absolute Gasteiger partial charge is 0.416 e. The van der Waals surface area contributed by atoms with Gasteiger partial charge in [-0.25, -0.2) is 0 Å². The predicted octanol–water partition coefficient (Wildman–Crippen LogP) is 3.01. The normalized spacial score (nSPS) is 19.7. The van der Waals surface area contributed by atoms with E-state index in [9.17, 15) is 13.2 Å². The number of fused-ring (bicyclic) bond motifs is 3. The lowest BCUT2D eigenvalue weighted by molar-refractivity contribution is -0.137. The number of halogens is 3. The monoisotopic (exact) mass is 268 g/mol. The molecule has 102 valence electrons. The van der Waals surface area contributed by atoms with Crippen molar-refractivity contribution in [3.05, 3.63) is 35.0 Å². The Morgan fingerprint density at radius 2 is 2.05 bits per heavy atom. The Morgan fingerprint density at radius 1 is 1.32 bits per heavy atom. The van der Waals surface area contributed by atoms with E-state index in [1.165, 1.54) is 6.07 Å². The molecule has 0 aliphatic heterocycles. The second-order valence-electron chi connectivity index (χ2n) is 5.22. The van der Waals surface area contributed by atoms with Gasteiger partial charge >= 0.3 is 6.18 Å². The number of nitrogens with two attached hydrogens (primary N) is 1. The Labute approximate surface area is 109 Å². The van der Waals surface area contributed by atoms with Crippen LogP contribution < -0.4 is 5.73 Å². The molecule has 1 aliphatic rings. The van der Waals surface area contributed by atoms with E-state index in [-0.39, 0.29) is 6.04 Å². The molecule has 1 atom stereocenters. The number of rotatable bonds is 0. The fraction of sp³-hybridized carbons (Fsp3) is 0.429. The van der Waals surface area contributed by atoms with Gasteiger partial charge in [0.1, 0.15) is 0 Å². The molecule has 1 aromatic carbocycles. The third-order valence-electron chi connectivity index (χ3n) is 3.98. The summed E-state index contributed by atoms with van der Waals surface area (Å²) in [6.07, 6.45) is -1.91. The minimum absolute atomic E-state index is 0.0487. The second-order valence-corrected chi connectivity index (χ2v) is 5.22. The van der Waals surface area contributed by atoms with Crippen LogP contribution >= 0.6 is 0 Å². The molecule has 0 saturated carbocycles. The average Bonchev–Trinajstić information content (AvgIpc) is 2.61. The van der Waals surface area contributed by atoms with Gasteiger partial charge in [-0.3, -0.25) is 0 Å². The van der Waals surface area contributed by atoms with E-state index in [0.29, 0.717) is 11.8 Å². The Bertz CT molecular complexity index is 640. The molecule has 1 unspecified atom stereocenters. The van der Waals surface area contributed by atoms with E-state index >= 15 is 0 Å². The Hall–Kier alpha value is -1.49. The Balaban J connectivity index is 2.25. The third-order valence-corrected chi connectivity index (χ3v) is 3.98. The fourth-order valence-electron chi connectivity index (χ4n) is 2.98. The van der Waals surface area contributed by atoms with Gasteiger partial charge in [0.2, 0.25) is 0 Å². The molecule has 0 bridgehead atoms. The highest BCUT2D eigenvalue weighted by atomic mass is 19.4. The summed E-state index contributed by atoms with van der Waals surface area (Å²) in [6.45, 7) is 0. The highest BCUT2D eigenvalue weighted by Crippen LogP contribution is 2.36. The highest BCUT2D eigenvalue weighted by molar-refractivity contribution is 5.86. The molecule has 0 amide bonds. The number of alkyl halides is 3. The van der Waals surface area contributed by atoms with Crippen molar-refractivity contribution in [1.82, 2.24) is 4.57 Å². The van der Waals surface area contributed by atoms with Gasteiger partial charge in [-0.1, -0.05) is 0 Å². The third kappa shape index (κ3) is 1.92. The smallest absolute Gasteiger partial charge is 0.347 e. The second kappa shape index (κ2) is 4.00. The molecular formula is C14H15F3N2. The zero-order valence-corrected chi connectivity index (χ0v) is 10.6. The SMILES string of the molecule is Cn1c2c(c3cc(C(F)(F)F)ccc31)CC(N)CC2. The summed E-state index contributed by atoms with van der Waals surface area (Å²) in [5.41, 5.74) is 8.32. The van der Waals surface area contributed by atoms with Gasteiger partial charge < -0.3 is 10.3 Å². The fourth-order valence-corrected chi connectivity index (χ4v) is 2.98. The van der Waals surface area contributed by atoms with Gasteiger partial charge in [0, 0.05) is 29.7 Å². The quantitative estimate of drug-likeness (QED) is 0.782. The number of nitrogens with zero attached hydrogens (tertiary/aromatic N) is 1. The number of benzene rings is 1. The van der Waals surface area contributed by atoms with Crippen LogP contribution in [0, 0.1) is 0 Å². The minimum atomic E-state index is -4.30. The van der Waals surface area contributed by atoms with Gasteiger partial charge in [0.25, 0.3) is 0 Å². The van der Waals surface area contributed by atoms with E-state index in [1.54, 1.807) is 6.07 Å². The highest BCUT2D eigenvalue weighted by Gasteiger charge is 2.32. The molecule has 19 heavy (non-hydrogen) atoms. The van der Waals surface area contributed by atoms with Crippen molar-refractivity contribution >= 4 is 10.9 Å². The molecule has 2 N–H and O–H groups in total.